The van der Waals surface area contributed by atoms with E-state index in [0.29, 0.717) is 19.6 Å². The molecule has 0 saturated heterocycles. The largest absolute Gasteiger partial charge is 0.373 e. The highest BCUT2D eigenvalue weighted by atomic mass is 32.1. The quantitative estimate of drug-likeness (QED) is 0.781. The fraction of sp³-hybridized carbons (Fsp3) is 0.474. The van der Waals surface area contributed by atoms with Gasteiger partial charge in [-0.2, -0.15) is 0 Å². The molecule has 1 aliphatic rings. The fourth-order valence-corrected chi connectivity index (χ4v) is 3.74. The van der Waals surface area contributed by atoms with E-state index in [1.165, 1.54) is 17.5 Å². The summed E-state index contributed by atoms with van der Waals surface area (Å²) in [6.07, 6.45) is 4.84. The summed E-state index contributed by atoms with van der Waals surface area (Å²) in [4.78, 5) is 16.2. The van der Waals surface area contributed by atoms with Crippen LogP contribution in [0.3, 0.4) is 0 Å². The zero-order valence-electron chi connectivity index (χ0n) is 14.1. The van der Waals surface area contributed by atoms with E-state index in [1.54, 1.807) is 11.3 Å². The molecule has 1 heterocycles. The number of carbonyl (C=O) groups excluding carboxylic acids is 1. The lowest BCUT2D eigenvalue weighted by Gasteiger charge is -2.25. The molecule has 1 unspecified atom stereocenters. The molecule has 4 nitrogen and oxygen atoms in total. The van der Waals surface area contributed by atoms with Crippen LogP contribution in [0.5, 0.6) is 0 Å². The Bertz CT molecular complexity index is 684. The Labute approximate surface area is 147 Å². The number of rotatable bonds is 7. The number of carbonyl (C=O) groups is 1. The lowest BCUT2D eigenvalue weighted by Crippen LogP contribution is -2.27. The van der Waals surface area contributed by atoms with Gasteiger partial charge in [-0.1, -0.05) is 24.3 Å². The number of thiazole rings is 1. The van der Waals surface area contributed by atoms with Crippen molar-refractivity contribution in [3.05, 3.63) is 51.5 Å². The van der Waals surface area contributed by atoms with E-state index in [9.17, 15) is 4.79 Å². The zero-order valence-corrected chi connectivity index (χ0v) is 14.9. The molecular weight excluding hydrogens is 320 g/mol. The molecule has 1 aromatic carbocycles. The van der Waals surface area contributed by atoms with Gasteiger partial charge in [-0.25, -0.2) is 4.98 Å². The highest BCUT2D eigenvalue weighted by Crippen LogP contribution is 2.32. The standard InChI is InChI=1S/C19H24N2O2S/c1-14-21-16(13-24-14)12-19(22)20-10-5-11-23-18-9-4-7-15-6-2-3-8-17(15)18/h2-3,6,8,13,18H,4-5,7,9-12H2,1H3,(H,20,22). The number of nitrogens with zero attached hydrogens (tertiary/aromatic N) is 1. The van der Waals surface area contributed by atoms with E-state index >= 15 is 0 Å². The van der Waals surface area contributed by atoms with Crippen LogP contribution >= 0.6 is 11.3 Å². The van der Waals surface area contributed by atoms with Crippen LogP contribution in [0.15, 0.2) is 29.6 Å². The minimum Gasteiger partial charge on any atom is -0.373 e. The first-order valence-corrected chi connectivity index (χ1v) is 9.47. The van der Waals surface area contributed by atoms with Gasteiger partial charge < -0.3 is 10.1 Å². The molecule has 1 amide bonds. The number of benzene rings is 1. The highest BCUT2D eigenvalue weighted by molar-refractivity contribution is 7.09. The third-order valence-electron chi connectivity index (χ3n) is 4.28. The van der Waals surface area contributed by atoms with E-state index in [0.717, 1.165) is 30.0 Å². The van der Waals surface area contributed by atoms with Crippen LogP contribution in [0.25, 0.3) is 0 Å². The number of hydrogen-bond acceptors (Lipinski definition) is 4. The maximum atomic E-state index is 11.9. The Kier molecular flexibility index (Phi) is 5.99. The first-order chi connectivity index (χ1) is 11.7. The van der Waals surface area contributed by atoms with Crippen LogP contribution in [-0.2, 0) is 22.4 Å². The van der Waals surface area contributed by atoms with Gasteiger partial charge in [-0.15, -0.1) is 11.3 Å². The van der Waals surface area contributed by atoms with Gasteiger partial charge in [-0.05, 0) is 43.7 Å². The molecular formula is C19H24N2O2S. The smallest absolute Gasteiger partial charge is 0.226 e. The van der Waals surface area contributed by atoms with Gasteiger partial charge in [0.15, 0.2) is 0 Å². The molecule has 0 spiro atoms. The number of nitrogens with one attached hydrogen (secondary N) is 1. The maximum absolute atomic E-state index is 11.9. The van der Waals surface area contributed by atoms with Crippen molar-refractivity contribution in [3.63, 3.8) is 0 Å². The molecule has 1 aliphatic carbocycles. The van der Waals surface area contributed by atoms with Crippen molar-refractivity contribution in [1.82, 2.24) is 10.3 Å². The third kappa shape index (κ3) is 4.65. The number of ether oxygens (including phenoxy) is 1. The summed E-state index contributed by atoms with van der Waals surface area (Å²) < 4.78 is 6.05. The lowest BCUT2D eigenvalue weighted by molar-refractivity contribution is -0.120. The van der Waals surface area contributed by atoms with E-state index in [1.807, 2.05) is 12.3 Å². The molecule has 1 N–H and O–H groups in total. The molecule has 0 aliphatic heterocycles. The second kappa shape index (κ2) is 8.40. The van der Waals surface area contributed by atoms with Gasteiger partial charge in [0.1, 0.15) is 0 Å². The van der Waals surface area contributed by atoms with Crippen molar-refractivity contribution in [2.75, 3.05) is 13.2 Å². The normalized spacial score (nSPS) is 16.6. The topological polar surface area (TPSA) is 51.2 Å². The van der Waals surface area contributed by atoms with Crippen LogP contribution in [-0.4, -0.2) is 24.0 Å². The molecule has 0 bridgehead atoms. The number of aryl methyl sites for hydroxylation is 2. The van der Waals surface area contributed by atoms with Crippen LogP contribution in [0, 0.1) is 6.92 Å². The predicted molar refractivity (Wildman–Crippen MR) is 96.3 cm³/mol. The van der Waals surface area contributed by atoms with Gasteiger partial charge in [-0.3, -0.25) is 4.79 Å². The van der Waals surface area contributed by atoms with Crippen molar-refractivity contribution in [2.24, 2.45) is 0 Å². The van der Waals surface area contributed by atoms with Crippen molar-refractivity contribution in [3.8, 4) is 0 Å². The van der Waals surface area contributed by atoms with E-state index in [-0.39, 0.29) is 12.0 Å². The summed E-state index contributed by atoms with van der Waals surface area (Å²) in [5, 5.41) is 5.89. The van der Waals surface area contributed by atoms with Crippen molar-refractivity contribution in [1.29, 1.82) is 0 Å². The second-order valence-corrected chi connectivity index (χ2v) is 7.25. The first-order valence-electron chi connectivity index (χ1n) is 8.59. The van der Waals surface area contributed by atoms with E-state index in [4.69, 9.17) is 4.74 Å². The third-order valence-corrected chi connectivity index (χ3v) is 5.11. The Morgan fingerprint density at radius 3 is 3.12 bits per heavy atom. The first kappa shape index (κ1) is 17.1. The lowest BCUT2D eigenvalue weighted by atomic mass is 9.89. The number of amides is 1. The Balaban J connectivity index is 1.35. The van der Waals surface area contributed by atoms with Crippen molar-refractivity contribution < 1.29 is 9.53 Å². The number of aromatic nitrogens is 1. The molecule has 1 atom stereocenters. The minimum atomic E-state index is 0.0308. The van der Waals surface area contributed by atoms with Crippen molar-refractivity contribution in [2.45, 2.75) is 45.1 Å². The number of hydrogen-bond donors (Lipinski definition) is 1. The molecule has 5 heteroatoms. The van der Waals surface area contributed by atoms with Gasteiger partial charge in [0.05, 0.1) is 23.2 Å². The van der Waals surface area contributed by atoms with Crippen LogP contribution in [0.1, 0.15) is 47.2 Å². The van der Waals surface area contributed by atoms with E-state index in [2.05, 4.69) is 34.6 Å². The van der Waals surface area contributed by atoms with E-state index < -0.39 is 0 Å². The molecule has 0 fully saturated rings. The average molecular weight is 344 g/mol. The highest BCUT2D eigenvalue weighted by Gasteiger charge is 2.19. The summed E-state index contributed by atoms with van der Waals surface area (Å²) >= 11 is 1.58. The molecule has 24 heavy (non-hydrogen) atoms. The summed E-state index contributed by atoms with van der Waals surface area (Å²) in [6, 6.07) is 8.56. The SMILES string of the molecule is Cc1nc(CC(=O)NCCCOC2CCCc3ccccc32)cs1. The number of fused-ring (bicyclic) bond motifs is 1. The molecule has 0 saturated carbocycles. The van der Waals surface area contributed by atoms with Crippen LogP contribution in [0.2, 0.25) is 0 Å². The zero-order chi connectivity index (χ0) is 16.8. The monoisotopic (exact) mass is 344 g/mol. The molecule has 1 aromatic heterocycles. The molecule has 0 radical (unpaired) electrons. The predicted octanol–water partition coefficient (Wildman–Crippen LogP) is 3.59. The minimum absolute atomic E-state index is 0.0308. The van der Waals surface area contributed by atoms with Crippen LogP contribution < -0.4 is 5.32 Å². The Hall–Kier alpha value is -1.72. The summed E-state index contributed by atoms with van der Waals surface area (Å²) in [5.74, 6) is 0.0308. The van der Waals surface area contributed by atoms with Gasteiger partial charge in [0.2, 0.25) is 5.91 Å². The Morgan fingerprint density at radius 2 is 2.29 bits per heavy atom. The summed E-state index contributed by atoms with van der Waals surface area (Å²) in [6.45, 7) is 3.28. The molecule has 3 rings (SSSR count). The Morgan fingerprint density at radius 1 is 1.42 bits per heavy atom. The van der Waals surface area contributed by atoms with Crippen molar-refractivity contribution >= 4 is 17.2 Å². The summed E-state index contributed by atoms with van der Waals surface area (Å²) in [5.41, 5.74) is 3.61. The molecule has 128 valence electrons. The van der Waals surface area contributed by atoms with Gasteiger partial charge >= 0.3 is 0 Å². The van der Waals surface area contributed by atoms with Gasteiger partial charge in [0.25, 0.3) is 0 Å². The van der Waals surface area contributed by atoms with Gasteiger partial charge in [0, 0.05) is 18.5 Å². The fourth-order valence-electron chi connectivity index (χ4n) is 3.12. The molecule has 2 aromatic rings. The maximum Gasteiger partial charge on any atom is 0.226 e. The summed E-state index contributed by atoms with van der Waals surface area (Å²) in [7, 11) is 0. The second-order valence-electron chi connectivity index (χ2n) is 6.19. The van der Waals surface area contributed by atoms with Crippen LogP contribution in [0.4, 0.5) is 0 Å². The average Bonchev–Trinajstić information content (AvgIpc) is 2.99.